The predicted molar refractivity (Wildman–Crippen MR) is 110 cm³/mol. The van der Waals surface area contributed by atoms with Crippen LogP contribution in [0.4, 0.5) is 22.9 Å². The first-order valence-corrected chi connectivity index (χ1v) is 8.76. The van der Waals surface area contributed by atoms with Crippen molar-refractivity contribution in [2.75, 3.05) is 16.0 Å². The van der Waals surface area contributed by atoms with Crippen molar-refractivity contribution in [2.24, 2.45) is 0 Å². The van der Waals surface area contributed by atoms with Crippen LogP contribution in [0.5, 0.6) is 0 Å². The average Bonchev–Trinajstić information content (AvgIpc) is 2.65. The first-order chi connectivity index (χ1) is 13.4. The standard InChI is InChI=1S/C21H21N5O2/c1-13-7-8-14(2)18(9-13)26-21(28)19-11-23-20(12-22-19)25-17-6-4-5-16(10-17)24-15(3)27/h4-12H,1-3H3,(H,23,25)(H,24,27)(H,26,28). The lowest BCUT2D eigenvalue weighted by Crippen LogP contribution is -2.15. The van der Waals surface area contributed by atoms with E-state index in [-0.39, 0.29) is 17.5 Å². The number of aryl methyl sites for hydroxylation is 2. The Morgan fingerprint density at radius 1 is 0.893 bits per heavy atom. The molecule has 0 radical (unpaired) electrons. The van der Waals surface area contributed by atoms with Crippen molar-refractivity contribution in [3.05, 3.63) is 71.7 Å². The summed E-state index contributed by atoms with van der Waals surface area (Å²) in [5.74, 6) is 0.0276. The molecule has 0 saturated carbocycles. The number of hydrogen-bond acceptors (Lipinski definition) is 5. The van der Waals surface area contributed by atoms with E-state index in [4.69, 9.17) is 0 Å². The number of aromatic nitrogens is 2. The maximum absolute atomic E-state index is 12.4. The fourth-order valence-corrected chi connectivity index (χ4v) is 2.59. The molecule has 1 heterocycles. The van der Waals surface area contributed by atoms with Crippen LogP contribution in [0.1, 0.15) is 28.5 Å². The van der Waals surface area contributed by atoms with Crippen LogP contribution in [-0.2, 0) is 4.79 Å². The molecule has 7 heteroatoms. The van der Waals surface area contributed by atoms with Gasteiger partial charge in [0.2, 0.25) is 5.91 Å². The molecule has 2 aromatic carbocycles. The van der Waals surface area contributed by atoms with Gasteiger partial charge in [-0.3, -0.25) is 9.59 Å². The van der Waals surface area contributed by atoms with Crippen molar-refractivity contribution in [1.82, 2.24) is 9.97 Å². The van der Waals surface area contributed by atoms with E-state index in [9.17, 15) is 9.59 Å². The Bertz CT molecular complexity index is 1020. The van der Waals surface area contributed by atoms with Crippen molar-refractivity contribution in [2.45, 2.75) is 20.8 Å². The number of amides is 2. The number of anilines is 4. The maximum atomic E-state index is 12.4. The topological polar surface area (TPSA) is 96.0 Å². The Morgan fingerprint density at radius 2 is 1.68 bits per heavy atom. The highest BCUT2D eigenvalue weighted by Crippen LogP contribution is 2.19. The summed E-state index contributed by atoms with van der Waals surface area (Å²) in [7, 11) is 0. The molecule has 0 atom stereocenters. The second-order valence-corrected chi connectivity index (χ2v) is 6.45. The molecule has 0 aliphatic heterocycles. The van der Waals surface area contributed by atoms with E-state index in [0.29, 0.717) is 11.5 Å². The van der Waals surface area contributed by atoms with Gasteiger partial charge in [0.1, 0.15) is 11.5 Å². The van der Waals surface area contributed by atoms with Crippen LogP contribution >= 0.6 is 0 Å². The summed E-state index contributed by atoms with van der Waals surface area (Å²) in [6.45, 7) is 5.35. The number of carbonyl (C=O) groups is 2. The van der Waals surface area contributed by atoms with E-state index < -0.39 is 0 Å². The zero-order chi connectivity index (χ0) is 20.1. The highest BCUT2D eigenvalue weighted by atomic mass is 16.2. The normalized spacial score (nSPS) is 10.2. The molecule has 0 saturated heterocycles. The SMILES string of the molecule is CC(=O)Nc1cccc(Nc2cnc(C(=O)Nc3cc(C)ccc3C)cn2)c1. The minimum Gasteiger partial charge on any atom is -0.339 e. The Kier molecular flexibility index (Phi) is 5.64. The van der Waals surface area contributed by atoms with Gasteiger partial charge in [-0.25, -0.2) is 9.97 Å². The summed E-state index contributed by atoms with van der Waals surface area (Å²) in [6.07, 6.45) is 2.91. The van der Waals surface area contributed by atoms with Gasteiger partial charge in [-0.15, -0.1) is 0 Å². The van der Waals surface area contributed by atoms with Gasteiger partial charge in [-0.05, 0) is 49.2 Å². The summed E-state index contributed by atoms with van der Waals surface area (Å²) in [5, 5.41) is 8.67. The summed E-state index contributed by atoms with van der Waals surface area (Å²) in [5.41, 5.74) is 4.43. The highest BCUT2D eigenvalue weighted by molar-refractivity contribution is 6.03. The molecule has 3 aromatic rings. The van der Waals surface area contributed by atoms with E-state index in [1.165, 1.54) is 19.3 Å². The average molecular weight is 375 g/mol. The quantitative estimate of drug-likeness (QED) is 0.625. The third-order valence-electron chi connectivity index (χ3n) is 3.98. The molecule has 0 spiro atoms. The van der Waals surface area contributed by atoms with E-state index >= 15 is 0 Å². The first kappa shape index (κ1) is 19.0. The van der Waals surface area contributed by atoms with Gasteiger partial charge in [-0.2, -0.15) is 0 Å². The fourth-order valence-electron chi connectivity index (χ4n) is 2.59. The molecule has 0 unspecified atom stereocenters. The van der Waals surface area contributed by atoms with Gasteiger partial charge < -0.3 is 16.0 Å². The van der Waals surface area contributed by atoms with E-state index in [1.807, 2.05) is 44.2 Å². The Hall–Kier alpha value is -3.74. The second kappa shape index (κ2) is 8.30. The molecule has 3 rings (SSSR count). The number of hydrogen-bond donors (Lipinski definition) is 3. The van der Waals surface area contributed by atoms with Crippen LogP contribution in [0.25, 0.3) is 0 Å². The van der Waals surface area contributed by atoms with E-state index in [2.05, 4.69) is 25.9 Å². The summed E-state index contributed by atoms with van der Waals surface area (Å²) < 4.78 is 0. The van der Waals surface area contributed by atoms with Crippen molar-refractivity contribution in [1.29, 1.82) is 0 Å². The number of rotatable bonds is 5. The molecule has 0 aliphatic rings. The smallest absolute Gasteiger partial charge is 0.275 e. The van der Waals surface area contributed by atoms with Gasteiger partial charge in [-0.1, -0.05) is 18.2 Å². The van der Waals surface area contributed by atoms with Crippen molar-refractivity contribution in [3.8, 4) is 0 Å². The zero-order valence-electron chi connectivity index (χ0n) is 15.9. The molecule has 7 nitrogen and oxygen atoms in total. The molecule has 0 fully saturated rings. The highest BCUT2D eigenvalue weighted by Gasteiger charge is 2.10. The molecular weight excluding hydrogens is 354 g/mol. The summed E-state index contributed by atoms with van der Waals surface area (Å²) in [6, 6.07) is 13.1. The third kappa shape index (κ3) is 4.91. The van der Waals surface area contributed by atoms with E-state index in [0.717, 1.165) is 22.5 Å². The molecule has 142 valence electrons. The predicted octanol–water partition coefficient (Wildman–Crippen LogP) is 4.05. The number of nitrogens with one attached hydrogen (secondary N) is 3. The van der Waals surface area contributed by atoms with Crippen LogP contribution in [0.2, 0.25) is 0 Å². The van der Waals surface area contributed by atoms with Gasteiger partial charge in [0.15, 0.2) is 0 Å². The minimum atomic E-state index is -0.319. The molecule has 1 aromatic heterocycles. The minimum absolute atomic E-state index is 0.142. The monoisotopic (exact) mass is 375 g/mol. The van der Waals surface area contributed by atoms with E-state index in [1.54, 1.807) is 12.1 Å². The van der Waals surface area contributed by atoms with Crippen molar-refractivity contribution < 1.29 is 9.59 Å². The van der Waals surface area contributed by atoms with Crippen molar-refractivity contribution in [3.63, 3.8) is 0 Å². The second-order valence-electron chi connectivity index (χ2n) is 6.45. The Labute approximate surface area is 163 Å². The van der Waals surface area contributed by atoms with Crippen LogP contribution in [0.15, 0.2) is 54.9 Å². The molecule has 28 heavy (non-hydrogen) atoms. The lowest BCUT2D eigenvalue weighted by molar-refractivity contribution is -0.114. The van der Waals surface area contributed by atoms with Crippen LogP contribution in [0.3, 0.4) is 0 Å². The zero-order valence-corrected chi connectivity index (χ0v) is 15.9. The summed E-state index contributed by atoms with van der Waals surface area (Å²) >= 11 is 0. The Balaban J connectivity index is 1.68. The number of carbonyl (C=O) groups excluding carboxylic acids is 2. The lowest BCUT2D eigenvalue weighted by Gasteiger charge is -2.10. The molecule has 0 bridgehead atoms. The fraction of sp³-hybridized carbons (Fsp3) is 0.143. The van der Waals surface area contributed by atoms with Gasteiger partial charge in [0.25, 0.3) is 5.91 Å². The third-order valence-corrected chi connectivity index (χ3v) is 3.98. The maximum Gasteiger partial charge on any atom is 0.275 e. The largest absolute Gasteiger partial charge is 0.339 e. The van der Waals surface area contributed by atoms with Crippen molar-refractivity contribution >= 4 is 34.7 Å². The van der Waals surface area contributed by atoms with Gasteiger partial charge >= 0.3 is 0 Å². The van der Waals surface area contributed by atoms with Gasteiger partial charge in [0, 0.05) is 24.0 Å². The molecular formula is C21H21N5O2. The molecule has 2 amide bonds. The molecule has 3 N–H and O–H groups in total. The summed E-state index contributed by atoms with van der Waals surface area (Å²) in [4.78, 5) is 32.0. The van der Waals surface area contributed by atoms with Crippen LogP contribution in [-0.4, -0.2) is 21.8 Å². The van der Waals surface area contributed by atoms with Gasteiger partial charge in [0.05, 0.1) is 12.4 Å². The van der Waals surface area contributed by atoms with Crippen LogP contribution < -0.4 is 16.0 Å². The number of benzene rings is 2. The molecule has 0 aliphatic carbocycles. The lowest BCUT2D eigenvalue weighted by atomic mass is 10.1. The Morgan fingerprint density at radius 3 is 2.39 bits per heavy atom. The number of nitrogens with zero attached hydrogens (tertiary/aromatic N) is 2. The first-order valence-electron chi connectivity index (χ1n) is 8.76. The van der Waals surface area contributed by atoms with Crippen LogP contribution in [0, 0.1) is 13.8 Å².